The summed E-state index contributed by atoms with van der Waals surface area (Å²) in [5, 5.41) is 20.4. The molecule has 9 nitrogen and oxygen atoms in total. The highest BCUT2D eigenvalue weighted by Gasteiger charge is 2.44. The first-order valence-electron chi connectivity index (χ1n) is 11.6. The molecule has 0 spiro atoms. The number of aliphatic hydroxyl groups excluding tert-OH is 2. The van der Waals surface area contributed by atoms with E-state index in [9.17, 15) is 32.8 Å². The van der Waals surface area contributed by atoms with E-state index in [1.165, 1.54) is 12.1 Å². The molecule has 3 aromatic carbocycles. The van der Waals surface area contributed by atoms with Crippen LogP contribution < -0.4 is 4.90 Å². The molecule has 6 rings (SSSR count). The van der Waals surface area contributed by atoms with E-state index in [1.54, 1.807) is 0 Å². The highest BCUT2D eigenvalue weighted by atomic mass is 35.5. The molecular weight excluding hydrogens is 768 g/mol. The van der Waals surface area contributed by atoms with Crippen molar-refractivity contribution in [1.82, 2.24) is 4.98 Å². The summed E-state index contributed by atoms with van der Waals surface area (Å²) < 4.78 is 34.2. The maximum Gasteiger partial charge on any atom is 0.294 e. The number of ketones is 1. The van der Waals surface area contributed by atoms with Gasteiger partial charge in [0.2, 0.25) is 5.78 Å². The van der Waals surface area contributed by atoms with Crippen LogP contribution in [0.3, 0.4) is 0 Å². The van der Waals surface area contributed by atoms with Crippen molar-refractivity contribution < 1.29 is 32.8 Å². The van der Waals surface area contributed by atoms with Gasteiger partial charge in [-0.2, -0.15) is 8.42 Å². The standard InChI is InChI=1S/C26H8Cl8N2O7S/c27-14-10-11(15(28)19(32)18(14)31)24(38)9(23(10)37)7-2-1-5-3-6(44(41,42)43)4-8(22(5)35-7)36-25(39)12-13(26(36)40)17(30)21(34)20(33)16(12)29/h1-4,25,37,39H,(H,41,42,43). The molecule has 0 bridgehead atoms. The minimum absolute atomic E-state index is 0.0216. The molecule has 18 heteroatoms. The van der Waals surface area contributed by atoms with E-state index in [-0.39, 0.29) is 90.3 Å². The van der Waals surface area contributed by atoms with Crippen LogP contribution in [0.15, 0.2) is 29.2 Å². The normalized spacial score (nSPS) is 16.4. The fraction of sp³-hybridized carbons (Fsp3) is 0.0385. The summed E-state index contributed by atoms with van der Waals surface area (Å²) in [6.07, 6.45) is -1.89. The predicted octanol–water partition coefficient (Wildman–Crippen LogP) is 8.98. The number of pyridine rings is 1. The predicted molar refractivity (Wildman–Crippen MR) is 170 cm³/mol. The van der Waals surface area contributed by atoms with Gasteiger partial charge in [0.1, 0.15) is 5.76 Å². The summed E-state index contributed by atoms with van der Waals surface area (Å²) in [5.74, 6) is -2.43. The van der Waals surface area contributed by atoms with Gasteiger partial charge in [0.15, 0.2) is 6.23 Å². The van der Waals surface area contributed by atoms with Crippen LogP contribution in [0.2, 0.25) is 40.2 Å². The number of carbonyl (C=O) groups excluding carboxylic acids is 2. The fourth-order valence-electron chi connectivity index (χ4n) is 5.03. The Morgan fingerprint density at radius 2 is 1.30 bits per heavy atom. The second-order valence-electron chi connectivity index (χ2n) is 9.34. The third-order valence-corrected chi connectivity index (χ3v) is 11.4. The second kappa shape index (κ2) is 10.8. The van der Waals surface area contributed by atoms with Crippen LogP contribution in [0.1, 0.15) is 43.8 Å². The second-order valence-corrected chi connectivity index (χ2v) is 13.8. The summed E-state index contributed by atoms with van der Waals surface area (Å²) >= 11 is 49.7. The quantitative estimate of drug-likeness (QED) is 0.106. The van der Waals surface area contributed by atoms with Crippen molar-refractivity contribution in [2.24, 2.45) is 0 Å². The summed E-state index contributed by atoms with van der Waals surface area (Å²) in [7, 11) is -4.88. The van der Waals surface area contributed by atoms with Crippen LogP contribution in [0.4, 0.5) is 5.69 Å². The average Bonchev–Trinajstić information content (AvgIpc) is 3.39. The number of rotatable bonds is 3. The van der Waals surface area contributed by atoms with Crippen molar-refractivity contribution >= 4 is 143 Å². The maximum absolute atomic E-state index is 13.7. The molecule has 1 aromatic heterocycles. The largest absolute Gasteiger partial charge is 0.506 e. The molecule has 2 aliphatic rings. The number of anilines is 1. The number of halogens is 8. The van der Waals surface area contributed by atoms with Crippen LogP contribution >= 0.6 is 92.8 Å². The number of hydrogen-bond acceptors (Lipinski definition) is 7. The Morgan fingerprint density at radius 3 is 1.89 bits per heavy atom. The van der Waals surface area contributed by atoms with Crippen LogP contribution in [-0.4, -0.2) is 39.9 Å². The maximum atomic E-state index is 13.7. The number of carbonyl (C=O) groups is 2. The van der Waals surface area contributed by atoms with Gasteiger partial charge in [-0.05, 0) is 18.2 Å². The Hall–Kier alpha value is -2.06. The number of Topliss-reactive ketones (excluding diaryl/α,β-unsaturated/α-hetero) is 1. The lowest BCUT2D eigenvalue weighted by molar-refractivity contribution is 0.0935. The molecule has 1 unspecified atom stereocenters. The van der Waals surface area contributed by atoms with Crippen LogP contribution in [0.5, 0.6) is 0 Å². The molecule has 1 aliphatic carbocycles. The Labute approximate surface area is 286 Å². The van der Waals surface area contributed by atoms with Crippen molar-refractivity contribution in [1.29, 1.82) is 0 Å². The van der Waals surface area contributed by atoms with Crippen LogP contribution in [-0.2, 0) is 10.1 Å². The number of fused-ring (bicyclic) bond motifs is 3. The number of allylic oxidation sites excluding steroid dienone is 1. The van der Waals surface area contributed by atoms with E-state index in [0.29, 0.717) is 4.90 Å². The van der Waals surface area contributed by atoms with E-state index < -0.39 is 38.7 Å². The molecule has 3 N–H and O–H groups in total. The van der Waals surface area contributed by atoms with E-state index >= 15 is 0 Å². The highest BCUT2D eigenvalue weighted by molar-refractivity contribution is 7.85. The van der Waals surface area contributed by atoms with Gasteiger partial charge in [0, 0.05) is 10.9 Å². The third kappa shape index (κ3) is 4.43. The highest BCUT2D eigenvalue weighted by Crippen LogP contribution is 2.52. The minimum atomic E-state index is -4.88. The van der Waals surface area contributed by atoms with Gasteiger partial charge in [-0.3, -0.25) is 19.0 Å². The van der Waals surface area contributed by atoms with Gasteiger partial charge < -0.3 is 10.2 Å². The topological polar surface area (TPSA) is 145 Å². The Morgan fingerprint density at radius 1 is 0.750 bits per heavy atom. The lowest BCUT2D eigenvalue weighted by atomic mass is 10.0. The zero-order valence-corrected chi connectivity index (χ0v) is 27.6. The van der Waals surface area contributed by atoms with E-state index in [0.717, 1.165) is 12.1 Å². The molecule has 0 saturated heterocycles. The minimum Gasteiger partial charge on any atom is -0.506 e. The van der Waals surface area contributed by atoms with Gasteiger partial charge in [-0.15, -0.1) is 0 Å². The lowest BCUT2D eigenvalue weighted by Crippen LogP contribution is -2.28. The average molecular weight is 776 g/mol. The van der Waals surface area contributed by atoms with E-state index in [2.05, 4.69) is 4.98 Å². The molecule has 0 fully saturated rings. The first-order chi connectivity index (χ1) is 20.5. The monoisotopic (exact) mass is 772 g/mol. The van der Waals surface area contributed by atoms with Gasteiger partial charge in [-0.1, -0.05) is 98.9 Å². The molecule has 0 radical (unpaired) electrons. The molecule has 0 saturated carbocycles. The first kappa shape index (κ1) is 31.9. The molecule has 44 heavy (non-hydrogen) atoms. The number of benzene rings is 3. The zero-order chi connectivity index (χ0) is 32.3. The summed E-state index contributed by atoms with van der Waals surface area (Å²) in [5.41, 5.74) is -2.06. The van der Waals surface area contributed by atoms with Gasteiger partial charge in [0.25, 0.3) is 16.0 Å². The van der Waals surface area contributed by atoms with Crippen LogP contribution in [0.25, 0.3) is 22.2 Å². The van der Waals surface area contributed by atoms with Crippen molar-refractivity contribution in [3.05, 3.63) is 92.4 Å². The molecule has 1 atom stereocenters. The van der Waals surface area contributed by atoms with Gasteiger partial charge in [-0.25, -0.2) is 4.98 Å². The Kier molecular flexibility index (Phi) is 7.80. The van der Waals surface area contributed by atoms with Crippen LogP contribution in [0, 0.1) is 0 Å². The SMILES string of the molecule is O=C1C(c2ccc3cc(S(=O)(=O)O)cc(N4C(=O)c5c(Cl)c(Cl)c(Cl)c(Cl)c5C4O)c3n2)=C(O)c2c(Cl)c(Cl)c(Cl)c(Cl)c21. The van der Waals surface area contributed by atoms with Crippen molar-refractivity contribution in [2.75, 3.05) is 4.90 Å². The van der Waals surface area contributed by atoms with Gasteiger partial charge in [0.05, 0.1) is 84.2 Å². The first-order valence-corrected chi connectivity index (χ1v) is 16.1. The molecule has 1 aliphatic heterocycles. The van der Waals surface area contributed by atoms with E-state index in [1.807, 2.05) is 0 Å². The zero-order valence-electron chi connectivity index (χ0n) is 20.7. The van der Waals surface area contributed by atoms with E-state index in [4.69, 9.17) is 92.8 Å². The van der Waals surface area contributed by atoms with Gasteiger partial charge >= 0.3 is 0 Å². The molecule has 1 amide bonds. The fourth-order valence-corrected chi connectivity index (χ4v) is 7.64. The molecule has 2 heterocycles. The molecule has 226 valence electrons. The number of nitrogens with zero attached hydrogens (tertiary/aromatic N) is 2. The molecular formula is C26H8Cl8N2O7S. The third-order valence-electron chi connectivity index (χ3n) is 6.99. The summed E-state index contributed by atoms with van der Waals surface area (Å²) in [6, 6.07) is 4.44. The Balaban J connectivity index is 1.62. The number of aliphatic hydroxyl groups is 2. The van der Waals surface area contributed by atoms with Crippen molar-refractivity contribution in [3.8, 4) is 0 Å². The van der Waals surface area contributed by atoms with Crippen molar-refractivity contribution in [2.45, 2.75) is 11.1 Å². The molecule has 4 aromatic rings. The van der Waals surface area contributed by atoms with Crippen molar-refractivity contribution in [3.63, 3.8) is 0 Å². The summed E-state index contributed by atoms with van der Waals surface area (Å²) in [4.78, 5) is 31.7. The lowest BCUT2D eigenvalue weighted by Gasteiger charge is -2.23. The summed E-state index contributed by atoms with van der Waals surface area (Å²) in [6.45, 7) is 0. The smallest absolute Gasteiger partial charge is 0.294 e. The number of hydrogen-bond donors (Lipinski definition) is 3. The Bertz CT molecular complexity index is 2220. The number of aromatic nitrogens is 1. The number of amides is 1.